The minimum absolute atomic E-state index is 0.172. The van der Waals surface area contributed by atoms with Gasteiger partial charge in [0.05, 0.1) is 23.4 Å². The highest BCUT2D eigenvalue weighted by atomic mass is 19.4. The molecular formula is C17H13F3N2O3. The van der Waals surface area contributed by atoms with Crippen LogP contribution in [0.15, 0.2) is 54.6 Å². The van der Waals surface area contributed by atoms with Crippen LogP contribution >= 0.6 is 0 Å². The monoisotopic (exact) mass is 350 g/mol. The van der Waals surface area contributed by atoms with E-state index in [1.165, 1.54) is 6.07 Å². The maximum atomic E-state index is 12.8. The van der Waals surface area contributed by atoms with Crippen LogP contribution in [0.5, 0.6) is 0 Å². The summed E-state index contributed by atoms with van der Waals surface area (Å²) < 4.78 is 38.5. The van der Waals surface area contributed by atoms with Gasteiger partial charge in [0.25, 0.3) is 5.91 Å². The van der Waals surface area contributed by atoms with E-state index in [4.69, 9.17) is 0 Å². The molecule has 1 heterocycles. The Kier molecular flexibility index (Phi) is 4.22. The second-order valence-electron chi connectivity index (χ2n) is 5.52. The lowest BCUT2D eigenvalue weighted by Crippen LogP contribution is -2.40. The minimum atomic E-state index is -4.59. The highest BCUT2D eigenvalue weighted by Crippen LogP contribution is 2.34. The van der Waals surface area contributed by atoms with E-state index in [-0.39, 0.29) is 12.1 Å². The van der Waals surface area contributed by atoms with Crippen LogP contribution in [0.2, 0.25) is 0 Å². The molecule has 130 valence electrons. The molecule has 1 aliphatic heterocycles. The van der Waals surface area contributed by atoms with Crippen molar-refractivity contribution in [3.8, 4) is 0 Å². The smallest absolute Gasteiger partial charge is 0.288 e. The van der Waals surface area contributed by atoms with E-state index in [0.29, 0.717) is 15.7 Å². The predicted octanol–water partition coefficient (Wildman–Crippen LogP) is 3.23. The number of nitrogens with zero attached hydrogens (tertiary/aromatic N) is 2. The molecule has 0 saturated carbocycles. The number of halogens is 3. The van der Waals surface area contributed by atoms with Crippen molar-refractivity contribution in [2.24, 2.45) is 0 Å². The molecule has 25 heavy (non-hydrogen) atoms. The van der Waals surface area contributed by atoms with E-state index in [1.54, 1.807) is 30.3 Å². The summed E-state index contributed by atoms with van der Waals surface area (Å²) in [4.78, 5) is 25.4. The highest BCUT2D eigenvalue weighted by Gasteiger charge is 2.43. The highest BCUT2D eigenvalue weighted by molar-refractivity contribution is 6.23. The fourth-order valence-corrected chi connectivity index (χ4v) is 2.66. The third-order valence-corrected chi connectivity index (χ3v) is 3.87. The number of para-hydroxylation sites is 1. The average molecular weight is 350 g/mol. The fourth-order valence-electron chi connectivity index (χ4n) is 2.66. The number of rotatable bonds is 3. The maximum absolute atomic E-state index is 12.8. The molecule has 2 aromatic rings. The Morgan fingerprint density at radius 1 is 1.04 bits per heavy atom. The van der Waals surface area contributed by atoms with E-state index < -0.39 is 29.6 Å². The van der Waals surface area contributed by atoms with Crippen LogP contribution in [-0.4, -0.2) is 23.1 Å². The lowest BCUT2D eigenvalue weighted by Gasteiger charge is -2.23. The zero-order valence-corrected chi connectivity index (χ0v) is 12.8. The van der Waals surface area contributed by atoms with Crippen molar-refractivity contribution in [2.45, 2.75) is 18.6 Å². The van der Waals surface area contributed by atoms with Gasteiger partial charge in [0.1, 0.15) is 6.04 Å². The molecule has 3 rings (SSSR count). The number of imide groups is 1. The van der Waals surface area contributed by atoms with E-state index in [2.05, 4.69) is 0 Å². The summed E-state index contributed by atoms with van der Waals surface area (Å²) in [6, 6.07) is 10.9. The van der Waals surface area contributed by atoms with E-state index in [1.807, 2.05) is 0 Å². The van der Waals surface area contributed by atoms with E-state index in [0.717, 1.165) is 18.2 Å². The normalized spacial score (nSPS) is 17.9. The number of carbonyl (C=O) groups is 2. The first kappa shape index (κ1) is 17.0. The Balaban J connectivity index is 1.90. The van der Waals surface area contributed by atoms with Gasteiger partial charge >= 0.3 is 6.18 Å². The number of alkyl halides is 3. The van der Waals surface area contributed by atoms with Gasteiger partial charge in [-0.05, 0) is 30.3 Å². The Morgan fingerprint density at radius 3 is 2.36 bits per heavy atom. The Hall–Kier alpha value is -2.87. The summed E-state index contributed by atoms with van der Waals surface area (Å²) in [6.07, 6.45) is -4.92. The summed E-state index contributed by atoms with van der Waals surface area (Å²) in [5.41, 5.74) is -0.828. The van der Waals surface area contributed by atoms with Crippen LogP contribution < -0.4 is 9.96 Å². The van der Waals surface area contributed by atoms with Gasteiger partial charge < -0.3 is 0 Å². The summed E-state index contributed by atoms with van der Waals surface area (Å²) in [5, 5.41) is 10.9. The van der Waals surface area contributed by atoms with Gasteiger partial charge in [-0.2, -0.15) is 13.2 Å². The molecule has 2 aromatic carbocycles. The Bertz CT molecular complexity index is 808. The molecule has 0 unspecified atom stereocenters. The number of hydrogen-bond acceptors (Lipinski definition) is 4. The molecule has 1 saturated heterocycles. The summed E-state index contributed by atoms with van der Waals surface area (Å²) >= 11 is 0. The molecule has 1 aliphatic rings. The largest absolute Gasteiger partial charge is 0.416 e. The van der Waals surface area contributed by atoms with E-state index in [9.17, 15) is 28.0 Å². The third-order valence-electron chi connectivity index (χ3n) is 3.87. The molecule has 1 fully saturated rings. The van der Waals surface area contributed by atoms with Crippen molar-refractivity contribution >= 4 is 23.2 Å². The molecule has 0 aliphatic carbocycles. The van der Waals surface area contributed by atoms with Gasteiger partial charge in [-0.15, -0.1) is 0 Å². The van der Waals surface area contributed by atoms with Gasteiger partial charge in [-0.3, -0.25) is 14.8 Å². The number of anilines is 2. The quantitative estimate of drug-likeness (QED) is 0.682. The van der Waals surface area contributed by atoms with Crippen LogP contribution in [0, 0.1) is 0 Å². The second-order valence-corrected chi connectivity index (χ2v) is 5.52. The van der Waals surface area contributed by atoms with Crippen molar-refractivity contribution in [1.82, 2.24) is 0 Å². The molecule has 5 nitrogen and oxygen atoms in total. The molecular weight excluding hydrogens is 337 g/mol. The Morgan fingerprint density at radius 2 is 1.72 bits per heavy atom. The fraction of sp³-hybridized carbons (Fsp3) is 0.176. The maximum Gasteiger partial charge on any atom is 0.416 e. The molecule has 0 radical (unpaired) electrons. The third kappa shape index (κ3) is 3.20. The Labute approximate surface area is 140 Å². The molecule has 0 aromatic heterocycles. The molecule has 1 N–H and O–H groups in total. The van der Waals surface area contributed by atoms with Gasteiger partial charge in [0.2, 0.25) is 5.91 Å². The van der Waals surface area contributed by atoms with Crippen molar-refractivity contribution in [3.63, 3.8) is 0 Å². The summed E-state index contributed by atoms with van der Waals surface area (Å²) in [6.45, 7) is 0. The van der Waals surface area contributed by atoms with Crippen LogP contribution in [0.1, 0.15) is 12.0 Å². The van der Waals surface area contributed by atoms with Crippen molar-refractivity contribution in [2.75, 3.05) is 9.96 Å². The van der Waals surface area contributed by atoms with Crippen molar-refractivity contribution in [1.29, 1.82) is 0 Å². The summed E-state index contributed by atoms with van der Waals surface area (Å²) in [5.74, 6) is -1.46. The zero-order chi connectivity index (χ0) is 18.2. The number of hydrogen-bond donors (Lipinski definition) is 1. The lowest BCUT2D eigenvalue weighted by molar-refractivity contribution is -0.137. The van der Waals surface area contributed by atoms with Gasteiger partial charge in [-0.25, -0.2) is 9.96 Å². The van der Waals surface area contributed by atoms with Crippen LogP contribution in [0.4, 0.5) is 24.5 Å². The topological polar surface area (TPSA) is 60.9 Å². The molecule has 0 bridgehead atoms. The van der Waals surface area contributed by atoms with E-state index >= 15 is 0 Å². The summed E-state index contributed by atoms with van der Waals surface area (Å²) in [7, 11) is 0. The molecule has 1 atom stereocenters. The van der Waals surface area contributed by atoms with Gasteiger partial charge in [-0.1, -0.05) is 24.3 Å². The lowest BCUT2D eigenvalue weighted by atomic mass is 10.2. The van der Waals surface area contributed by atoms with Crippen molar-refractivity contribution in [3.05, 3.63) is 60.2 Å². The first-order valence-electron chi connectivity index (χ1n) is 7.36. The number of hydroxylamine groups is 1. The SMILES string of the molecule is O=C1C[C@H](N(O)c2ccccc2)C(=O)N1c1cccc(C(F)(F)F)c1. The van der Waals surface area contributed by atoms with Crippen LogP contribution in [0.25, 0.3) is 0 Å². The predicted molar refractivity (Wildman–Crippen MR) is 83.0 cm³/mol. The standard InChI is InChI=1S/C17H13F3N2O3/c18-17(19,20)11-5-4-8-13(9-11)21-15(23)10-14(16(21)24)22(25)12-6-2-1-3-7-12/h1-9,14,25H,10H2/t14-/m0/s1. The first-order chi connectivity index (χ1) is 11.8. The van der Waals surface area contributed by atoms with Gasteiger partial charge in [0, 0.05) is 0 Å². The zero-order valence-electron chi connectivity index (χ0n) is 12.8. The number of carbonyl (C=O) groups excluding carboxylic acids is 2. The minimum Gasteiger partial charge on any atom is -0.288 e. The van der Waals surface area contributed by atoms with Crippen LogP contribution in [-0.2, 0) is 15.8 Å². The van der Waals surface area contributed by atoms with Crippen molar-refractivity contribution < 1.29 is 28.0 Å². The molecule has 8 heteroatoms. The van der Waals surface area contributed by atoms with Crippen LogP contribution in [0.3, 0.4) is 0 Å². The molecule has 0 spiro atoms. The number of amides is 2. The average Bonchev–Trinajstić information content (AvgIpc) is 2.89. The first-order valence-corrected chi connectivity index (χ1v) is 7.36. The second kappa shape index (κ2) is 6.21. The molecule has 2 amide bonds. The number of benzene rings is 2. The van der Waals surface area contributed by atoms with Gasteiger partial charge in [0.15, 0.2) is 0 Å².